The monoisotopic (exact) mass is 230 g/mol. The summed E-state index contributed by atoms with van der Waals surface area (Å²) in [5.41, 5.74) is 5.27. The molecular weight excluding hydrogens is 212 g/mol. The van der Waals surface area contributed by atoms with E-state index in [0.717, 1.165) is 43.9 Å². The molecule has 2 aliphatic heterocycles. The van der Waals surface area contributed by atoms with Crippen LogP contribution in [0.15, 0.2) is 0 Å². The lowest BCUT2D eigenvalue weighted by atomic mass is 9.97. The molecule has 15 heavy (non-hydrogen) atoms. The molecule has 2 saturated heterocycles. The molecule has 86 valence electrons. The third kappa shape index (κ3) is 2.39. The Morgan fingerprint density at radius 3 is 2.87 bits per heavy atom. The molecule has 2 N–H and O–H groups in total. The lowest BCUT2D eigenvalue weighted by Gasteiger charge is -2.30. The summed E-state index contributed by atoms with van der Waals surface area (Å²) < 4.78 is 5.53. The van der Waals surface area contributed by atoms with Gasteiger partial charge in [-0.2, -0.15) is 11.8 Å². The number of nitrogens with zero attached hydrogens (tertiary/aromatic N) is 1. The smallest absolute Gasteiger partial charge is 0.410 e. The molecule has 0 aromatic heterocycles. The molecule has 0 radical (unpaired) electrons. The summed E-state index contributed by atoms with van der Waals surface area (Å²) in [6, 6.07) is 0. The Hall–Kier alpha value is -0.420. The maximum Gasteiger partial charge on any atom is 0.410 e. The van der Waals surface area contributed by atoms with Gasteiger partial charge in [0.2, 0.25) is 0 Å². The van der Waals surface area contributed by atoms with Crippen molar-refractivity contribution in [2.45, 2.75) is 24.9 Å². The number of carbonyl (C=O) groups is 1. The normalized spacial score (nSPS) is 24.6. The molecule has 0 aromatic carbocycles. The van der Waals surface area contributed by atoms with Gasteiger partial charge in [-0.15, -0.1) is 0 Å². The standard InChI is InChI=1S/C10H18N2O2S/c11-4-1-5-12-8-10(14-9(12)13)2-6-15-7-3-10/h1-8,11H2. The minimum Gasteiger partial charge on any atom is -0.441 e. The number of thioether (sulfide) groups is 1. The number of ether oxygens (including phenoxy) is 1. The lowest BCUT2D eigenvalue weighted by molar-refractivity contribution is 0.0502. The first-order valence-electron chi connectivity index (χ1n) is 5.51. The summed E-state index contributed by atoms with van der Waals surface area (Å²) in [5, 5.41) is 0. The predicted molar refractivity (Wildman–Crippen MR) is 61.0 cm³/mol. The molecule has 5 heteroatoms. The number of nitrogens with two attached hydrogens (primary N) is 1. The number of hydrogen-bond donors (Lipinski definition) is 1. The van der Waals surface area contributed by atoms with Crippen LogP contribution < -0.4 is 5.73 Å². The van der Waals surface area contributed by atoms with Crippen molar-refractivity contribution in [1.29, 1.82) is 0 Å². The molecule has 4 nitrogen and oxygen atoms in total. The van der Waals surface area contributed by atoms with Crippen LogP contribution in [0.1, 0.15) is 19.3 Å². The number of hydrogen-bond acceptors (Lipinski definition) is 4. The highest BCUT2D eigenvalue weighted by Crippen LogP contribution is 2.35. The maximum atomic E-state index is 11.6. The van der Waals surface area contributed by atoms with Gasteiger partial charge in [-0.25, -0.2) is 4.79 Å². The highest BCUT2D eigenvalue weighted by atomic mass is 32.2. The van der Waals surface area contributed by atoms with E-state index in [1.807, 2.05) is 16.7 Å². The van der Waals surface area contributed by atoms with E-state index in [1.54, 1.807) is 0 Å². The van der Waals surface area contributed by atoms with Crippen LogP contribution in [0.25, 0.3) is 0 Å². The minimum atomic E-state index is -0.170. The Kier molecular flexibility index (Phi) is 3.41. The molecule has 0 aromatic rings. The summed E-state index contributed by atoms with van der Waals surface area (Å²) >= 11 is 1.95. The van der Waals surface area contributed by atoms with Gasteiger partial charge in [0.05, 0.1) is 6.54 Å². The Morgan fingerprint density at radius 1 is 1.47 bits per heavy atom. The number of rotatable bonds is 3. The number of carbonyl (C=O) groups excluding carboxylic acids is 1. The van der Waals surface area contributed by atoms with Crippen molar-refractivity contribution in [2.75, 3.05) is 31.1 Å². The Labute approximate surface area is 94.5 Å². The second kappa shape index (κ2) is 4.61. The quantitative estimate of drug-likeness (QED) is 0.787. The van der Waals surface area contributed by atoms with Gasteiger partial charge in [-0.3, -0.25) is 0 Å². The summed E-state index contributed by atoms with van der Waals surface area (Å²) in [6.45, 7) is 2.14. The number of amides is 1. The first kappa shape index (κ1) is 11.1. The third-order valence-corrected chi connectivity index (χ3v) is 4.06. The second-order valence-corrected chi connectivity index (χ2v) is 5.45. The van der Waals surface area contributed by atoms with Crippen molar-refractivity contribution in [1.82, 2.24) is 4.90 Å². The zero-order valence-electron chi connectivity index (χ0n) is 8.91. The van der Waals surface area contributed by atoms with Crippen LogP contribution in [0.5, 0.6) is 0 Å². The van der Waals surface area contributed by atoms with Crippen molar-refractivity contribution in [3.05, 3.63) is 0 Å². The molecule has 1 amide bonds. The molecule has 0 aliphatic carbocycles. The molecule has 0 bridgehead atoms. The molecule has 2 fully saturated rings. The second-order valence-electron chi connectivity index (χ2n) is 4.23. The lowest BCUT2D eigenvalue weighted by Crippen LogP contribution is -2.38. The molecule has 0 atom stereocenters. The summed E-state index contributed by atoms with van der Waals surface area (Å²) in [5.74, 6) is 2.22. The largest absolute Gasteiger partial charge is 0.441 e. The van der Waals surface area contributed by atoms with Gasteiger partial charge in [-0.05, 0) is 37.3 Å². The molecular formula is C10H18N2O2S. The van der Waals surface area contributed by atoms with Crippen LogP contribution in [-0.2, 0) is 4.74 Å². The van der Waals surface area contributed by atoms with E-state index in [9.17, 15) is 4.79 Å². The molecule has 1 spiro atoms. The first-order valence-corrected chi connectivity index (χ1v) is 6.67. The Bertz CT molecular complexity index is 242. The van der Waals surface area contributed by atoms with E-state index < -0.39 is 0 Å². The summed E-state index contributed by atoms with van der Waals surface area (Å²) in [4.78, 5) is 13.4. The SMILES string of the molecule is NCCCN1CC2(CCSCC2)OC1=O. The van der Waals surface area contributed by atoms with Crippen LogP contribution in [0, 0.1) is 0 Å². The van der Waals surface area contributed by atoms with Gasteiger partial charge in [0.25, 0.3) is 0 Å². The fourth-order valence-electron chi connectivity index (χ4n) is 2.15. The Morgan fingerprint density at radius 2 is 2.20 bits per heavy atom. The van der Waals surface area contributed by atoms with E-state index in [1.165, 1.54) is 0 Å². The zero-order chi connectivity index (χ0) is 10.7. The van der Waals surface area contributed by atoms with Crippen LogP contribution in [0.3, 0.4) is 0 Å². The van der Waals surface area contributed by atoms with Gasteiger partial charge in [0, 0.05) is 6.54 Å². The summed E-state index contributed by atoms with van der Waals surface area (Å²) in [7, 11) is 0. The van der Waals surface area contributed by atoms with E-state index in [0.29, 0.717) is 6.54 Å². The average molecular weight is 230 g/mol. The average Bonchev–Trinajstić information content (AvgIpc) is 2.53. The highest BCUT2D eigenvalue weighted by Gasteiger charge is 2.45. The Balaban J connectivity index is 1.92. The van der Waals surface area contributed by atoms with Crippen LogP contribution in [-0.4, -0.2) is 47.7 Å². The predicted octanol–water partition coefficient (Wildman–Crippen LogP) is 1.05. The fourth-order valence-corrected chi connectivity index (χ4v) is 3.39. The first-order chi connectivity index (χ1) is 7.26. The van der Waals surface area contributed by atoms with E-state index in [4.69, 9.17) is 10.5 Å². The van der Waals surface area contributed by atoms with Gasteiger partial charge in [0.1, 0.15) is 5.60 Å². The zero-order valence-corrected chi connectivity index (χ0v) is 9.72. The van der Waals surface area contributed by atoms with Crippen molar-refractivity contribution in [2.24, 2.45) is 5.73 Å². The third-order valence-electron chi connectivity index (χ3n) is 3.08. The fraction of sp³-hybridized carbons (Fsp3) is 0.900. The van der Waals surface area contributed by atoms with Crippen LogP contribution >= 0.6 is 11.8 Å². The van der Waals surface area contributed by atoms with Gasteiger partial charge >= 0.3 is 6.09 Å². The topological polar surface area (TPSA) is 55.6 Å². The van der Waals surface area contributed by atoms with E-state index in [2.05, 4.69) is 0 Å². The molecule has 2 rings (SSSR count). The van der Waals surface area contributed by atoms with Crippen molar-refractivity contribution >= 4 is 17.9 Å². The van der Waals surface area contributed by atoms with Gasteiger partial charge in [-0.1, -0.05) is 0 Å². The van der Waals surface area contributed by atoms with E-state index in [-0.39, 0.29) is 11.7 Å². The highest BCUT2D eigenvalue weighted by molar-refractivity contribution is 7.99. The maximum absolute atomic E-state index is 11.6. The van der Waals surface area contributed by atoms with Crippen molar-refractivity contribution in [3.63, 3.8) is 0 Å². The van der Waals surface area contributed by atoms with Crippen molar-refractivity contribution in [3.8, 4) is 0 Å². The van der Waals surface area contributed by atoms with Crippen LogP contribution in [0.2, 0.25) is 0 Å². The molecule has 0 unspecified atom stereocenters. The minimum absolute atomic E-state index is 0.143. The van der Waals surface area contributed by atoms with E-state index >= 15 is 0 Å². The van der Waals surface area contributed by atoms with Gasteiger partial charge in [0.15, 0.2) is 0 Å². The van der Waals surface area contributed by atoms with Crippen LogP contribution in [0.4, 0.5) is 4.79 Å². The molecule has 2 aliphatic rings. The van der Waals surface area contributed by atoms with Gasteiger partial charge < -0.3 is 15.4 Å². The summed E-state index contributed by atoms with van der Waals surface area (Å²) in [6.07, 6.45) is 2.72. The molecule has 0 saturated carbocycles. The van der Waals surface area contributed by atoms with Crippen molar-refractivity contribution < 1.29 is 9.53 Å². The molecule has 2 heterocycles.